The predicted molar refractivity (Wildman–Crippen MR) is 168 cm³/mol. The number of nitrogens with zero attached hydrogens (tertiary/aromatic N) is 1. The van der Waals surface area contributed by atoms with Gasteiger partial charge < -0.3 is 37.1 Å². The van der Waals surface area contributed by atoms with Gasteiger partial charge in [-0.2, -0.15) is 0 Å². The van der Waals surface area contributed by atoms with Crippen LogP contribution in [0.5, 0.6) is 0 Å². The monoisotopic (exact) mass is 627 g/mol. The number of nitrogens with one attached hydrogen (secondary N) is 5. The highest BCUT2D eigenvalue weighted by Gasteiger charge is 2.26. The standard InChI is InChI=1S/C31H45N7O7/c1-20(2)29(37-26(40)11-15-45-16-14-38-27(41)8-9-28(38)42)30(43)36-24-7-6-23(18-22(24)17-21-10-13-33-19-21)35-25(39)5-3-4-12-34-31(32)44/h6-9,18,20-21,29,33H,3-5,10-17,19H2,1-2H3,(H,35,39)(H,36,43)(H,37,40)(H3,32,34,44)/t21?,29-/m0/s1. The molecule has 246 valence electrons. The summed E-state index contributed by atoms with van der Waals surface area (Å²) in [7, 11) is 0. The lowest BCUT2D eigenvalue weighted by molar-refractivity contribution is -0.138. The number of ether oxygens (including phenoxy) is 1. The highest BCUT2D eigenvalue weighted by atomic mass is 16.5. The first-order valence-electron chi connectivity index (χ1n) is 15.4. The minimum absolute atomic E-state index is 0.00657. The van der Waals surface area contributed by atoms with Crippen LogP contribution in [0.4, 0.5) is 16.2 Å². The number of hydrogen-bond donors (Lipinski definition) is 6. The highest BCUT2D eigenvalue weighted by Crippen LogP contribution is 2.26. The summed E-state index contributed by atoms with van der Waals surface area (Å²) in [6.45, 7) is 6.14. The molecule has 1 unspecified atom stereocenters. The number of hydrogen-bond acceptors (Lipinski definition) is 8. The predicted octanol–water partition coefficient (Wildman–Crippen LogP) is 1.03. The highest BCUT2D eigenvalue weighted by molar-refractivity contribution is 6.12. The summed E-state index contributed by atoms with van der Waals surface area (Å²) in [6.07, 6.45) is 5.61. The van der Waals surface area contributed by atoms with Crippen LogP contribution in [-0.2, 0) is 35.1 Å². The Bertz CT molecular complexity index is 1240. The van der Waals surface area contributed by atoms with Crippen molar-refractivity contribution in [2.75, 3.05) is 50.0 Å². The largest absolute Gasteiger partial charge is 0.379 e. The molecule has 1 aromatic carbocycles. The average molecular weight is 628 g/mol. The normalized spacial score (nSPS) is 16.6. The topological polar surface area (TPSA) is 201 Å². The van der Waals surface area contributed by atoms with Crippen LogP contribution in [-0.4, -0.2) is 85.9 Å². The van der Waals surface area contributed by atoms with Crippen LogP contribution in [0.1, 0.15) is 51.5 Å². The molecule has 1 aromatic rings. The Hall–Kier alpha value is -4.30. The number of carbonyl (C=O) groups excluding carboxylic acids is 6. The van der Waals surface area contributed by atoms with Gasteiger partial charge in [-0.3, -0.25) is 28.9 Å². The van der Waals surface area contributed by atoms with E-state index in [-0.39, 0.29) is 56.2 Å². The Morgan fingerprint density at radius 1 is 1.02 bits per heavy atom. The number of nitrogens with two attached hydrogens (primary N) is 1. The van der Waals surface area contributed by atoms with Crippen molar-refractivity contribution in [3.8, 4) is 0 Å². The van der Waals surface area contributed by atoms with Gasteiger partial charge in [0, 0.05) is 42.9 Å². The molecule has 0 aliphatic carbocycles. The van der Waals surface area contributed by atoms with Gasteiger partial charge in [0.1, 0.15) is 6.04 Å². The van der Waals surface area contributed by atoms with Crippen LogP contribution < -0.4 is 32.3 Å². The Morgan fingerprint density at radius 2 is 1.78 bits per heavy atom. The number of carbonyl (C=O) groups is 6. The molecule has 3 rings (SSSR count). The van der Waals surface area contributed by atoms with E-state index in [1.165, 1.54) is 12.2 Å². The molecule has 7 N–H and O–H groups in total. The van der Waals surface area contributed by atoms with E-state index in [4.69, 9.17) is 10.5 Å². The van der Waals surface area contributed by atoms with Gasteiger partial charge >= 0.3 is 6.03 Å². The molecule has 0 spiro atoms. The number of urea groups is 1. The maximum absolute atomic E-state index is 13.4. The molecule has 1 saturated heterocycles. The summed E-state index contributed by atoms with van der Waals surface area (Å²) in [5.74, 6) is -1.47. The Morgan fingerprint density at radius 3 is 2.44 bits per heavy atom. The summed E-state index contributed by atoms with van der Waals surface area (Å²) in [5.41, 5.74) is 7.17. The average Bonchev–Trinajstić information content (AvgIpc) is 3.61. The van der Waals surface area contributed by atoms with Crippen LogP contribution in [0, 0.1) is 11.8 Å². The molecule has 2 aliphatic rings. The molecule has 0 radical (unpaired) electrons. The van der Waals surface area contributed by atoms with E-state index in [0.717, 1.165) is 30.0 Å². The van der Waals surface area contributed by atoms with Crippen molar-refractivity contribution >= 4 is 46.9 Å². The third-order valence-corrected chi connectivity index (χ3v) is 7.55. The maximum Gasteiger partial charge on any atom is 0.312 e. The van der Waals surface area contributed by atoms with Crippen LogP contribution in [0.3, 0.4) is 0 Å². The molecule has 0 bridgehead atoms. The smallest absolute Gasteiger partial charge is 0.312 e. The Balaban J connectivity index is 1.54. The molecule has 45 heavy (non-hydrogen) atoms. The molecule has 2 atom stereocenters. The third kappa shape index (κ3) is 12.0. The fraction of sp³-hybridized carbons (Fsp3) is 0.548. The van der Waals surface area contributed by atoms with E-state index in [0.29, 0.717) is 43.1 Å². The van der Waals surface area contributed by atoms with E-state index in [1.54, 1.807) is 12.1 Å². The number of unbranched alkanes of at least 4 members (excludes halogenated alkanes) is 1. The molecular weight excluding hydrogens is 582 g/mol. The Kier molecular flexibility index (Phi) is 14.0. The summed E-state index contributed by atoms with van der Waals surface area (Å²) < 4.78 is 5.43. The van der Waals surface area contributed by atoms with E-state index < -0.39 is 23.9 Å². The summed E-state index contributed by atoms with van der Waals surface area (Å²) >= 11 is 0. The van der Waals surface area contributed by atoms with Crippen molar-refractivity contribution in [3.05, 3.63) is 35.9 Å². The van der Waals surface area contributed by atoms with E-state index in [2.05, 4.69) is 26.6 Å². The zero-order chi connectivity index (χ0) is 32.8. The first kappa shape index (κ1) is 35.2. The van der Waals surface area contributed by atoms with Gasteiger partial charge in [-0.1, -0.05) is 13.8 Å². The van der Waals surface area contributed by atoms with Crippen molar-refractivity contribution in [2.45, 2.75) is 58.4 Å². The zero-order valence-corrected chi connectivity index (χ0v) is 26.0. The summed E-state index contributed by atoms with van der Waals surface area (Å²) in [6, 6.07) is 3.98. The Labute approximate surface area is 263 Å². The van der Waals surface area contributed by atoms with Gasteiger partial charge in [-0.25, -0.2) is 4.79 Å². The molecular formula is C31H45N7O7. The van der Waals surface area contributed by atoms with Crippen molar-refractivity contribution in [1.82, 2.24) is 20.9 Å². The molecule has 7 amide bonds. The second-order valence-electron chi connectivity index (χ2n) is 11.5. The zero-order valence-electron chi connectivity index (χ0n) is 26.0. The number of rotatable bonds is 18. The second kappa shape index (κ2) is 17.9. The van der Waals surface area contributed by atoms with Crippen LogP contribution in [0.25, 0.3) is 0 Å². The van der Waals surface area contributed by atoms with E-state index in [9.17, 15) is 28.8 Å². The van der Waals surface area contributed by atoms with Crippen molar-refractivity contribution in [1.29, 1.82) is 0 Å². The molecule has 0 saturated carbocycles. The molecule has 2 aliphatic heterocycles. The van der Waals surface area contributed by atoms with Gasteiger partial charge in [0.2, 0.25) is 17.7 Å². The minimum Gasteiger partial charge on any atom is -0.379 e. The fourth-order valence-corrected chi connectivity index (χ4v) is 5.07. The fourth-order valence-electron chi connectivity index (χ4n) is 5.07. The minimum atomic E-state index is -0.798. The lowest BCUT2D eigenvalue weighted by atomic mass is 9.96. The SMILES string of the molecule is CC(C)[C@H](NC(=O)CCOCCN1C(=O)C=CC1=O)C(=O)Nc1ccc(NC(=O)CCCCNC(N)=O)cc1CC1CCNC1. The molecule has 14 heteroatoms. The molecule has 14 nitrogen and oxygen atoms in total. The first-order valence-corrected chi connectivity index (χ1v) is 15.4. The summed E-state index contributed by atoms with van der Waals surface area (Å²) in [5, 5.41) is 14.5. The lowest BCUT2D eigenvalue weighted by Gasteiger charge is -2.23. The van der Waals surface area contributed by atoms with Gasteiger partial charge in [-0.15, -0.1) is 0 Å². The van der Waals surface area contributed by atoms with Crippen LogP contribution in [0.15, 0.2) is 30.4 Å². The number of amides is 7. The van der Waals surface area contributed by atoms with E-state index in [1.807, 2.05) is 19.9 Å². The molecule has 1 fully saturated rings. The molecule has 0 aromatic heterocycles. The van der Waals surface area contributed by atoms with Crippen LogP contribution >= 0.6 is 0 Å². The van der Waals surface area contributed by atoms with Gasteiger partial charge in [0.15, 0.2) is 0 Å². The van der Waals surface area contributed by atoms with Crippen molar-refractivity contribution in [3.63, 3.8) is 0 Å². The van der Waals surface area contributed by atoms with Crippen molar-refractivity contribution in [2.24, 2.45) is 17.6 Å². The molecule has 2 heterocycles. The third-order valence-electron chi connectivity index (χ3n) is 7.55. The van der Waals surface area contributed by atoms with Gasteiger partial charge in [-0.05, 0) is 74.4 Å². The maximum atomic E-state index is 13.4. The van der Waals surface area contributed by atoms with Gasteiger partial charge in [0.05, 0.1) is 19.8 Å². The van der Waals surface area contributed by atoms with Crippen molar-refractivity contribution < 1.29 is 33.5 Å². The number of benzene rings is 1. The lowest BCUT2D eigenvalue weighted by Crippen LogP contribution is -2.47. The number of anilines is 2. The second-order valence-corrected chi connectivity index (χ2v) is 11.5. The van der Waals surface area contributed by atoms with Gasteiger partial charge in [0.25, 0.3) is 11.8 Å². The van der Waals surface area contributed by atoms with Crippen LogP contribution in [0.2, 0.25) is 0 Å². The first-order chi connectivity index (χ1) is 21.5. The summed E-state index contributed by atoms with van der Waals surface area (Å²) in [4.78, 5) is 73.6. The van der Waals surface area contributed by atoms with E-state index >= 15 is 0 Å². The number of imide groups is 1. The quantitative estimate of drug-likeness (QED) is 0.102. The number of primary amides is 1.